The quantitative estimate of drug-likeness (QED) is 0.248. The van der Waals surface area contributed by atoms with Crippen LogP contribution in [0.25, 0.3) is 0 Å². The number of rotatable bonds is 11. The first-order valence-electron chi connectivity index (χ1n) is 15.2. The molecule has 2 aromatic carbocycles. The Bertz CT molecular complexity index is 1290. The molecule has 0 aromatic heterocycles. The molecule has 2 aliphatic rings. The fraction of sp³-hybridized carbons (Fsp3) is 0.529. The van der Waals surface area contributed by atoms with Crippen LogP contribution in [0.15, 0.2) is 48.5 Å². The SMILES string of the molecule is CC(=O)OC[C@H]1OC(c2ccc(OCc3ccccc3)c(CC3CCCCC3)c2)[C@H](OC(C)=O)[C@@H](OC(C)=O)[C@@H]1OC(C)=O. The summed E-state index contributed by atoms with van der Waals surface area (Å²) in [6, 6.07) is 15.6. The summed E-state index contributed by atoms with van der Waals surface area (Å²) >= 11 is 0. The number of carbonyl (C=O) groups excluding carboxylic acids is 4. The Balaban J connectivity index is 1.73. The van der Waals surface area contributed by atoms with E-state index in [1.807, 2.05) is 48.5 Å². The first-order chi connectivity index (χ1) is 21.1. The molecule has 2 aromatic rings. The summed E-state index contributed by atoms with van der Waals surface area (Å²) in [6.45, 7) is 5.02. The van der Waals surface area contributed by atoms with Crippen LogP contribution in [0.2, 0.25) is 0 Å². The van der Waals surface area contributed by atoms with Gasteiger partial charge in [0.25, 0.3) is 0 Å². The second-order valence-electron chi connectivity index (χ2n) is 11.5. The van der Waals surface area contributed by atoms with Crippen LogP contribution < -0.4 is 4.74 Å². The van der Waals surface area contributed by atoms with E-state index in [0.29, 0.717) is 18.1 Å². The van der Waals surface area contributed by atoms with Crippen LogP contribution in [0.4, 0.5) is 0 Å². The molecule has 5 atom stereocenters. The number of hydrogen-bond donors (Lipinski definition) is 0. The summed E-state index contributed by atoms with van der Waals surface area (Å²) in [5.74, 6) is -1.29. The lowest BCUT2D eigenvalue weighted by Crippen LogP contribution is -2.59. The molecule has 1 heterocycles. The fourth-order valence-electron chi connectivity index (χ4n) is 6.01. The van der Waals surface area contributed by atoms with Gasteiger partial charge in [-0.2, -0.15) is 0 Å². The highest BCUT2D eigenvalue weighted by molar-refractivity contribution is 5.69. The van der Waals surface area contributed by atoms with Crippen LogP contribution in [0.1, 0.15) is 82.6 Å². The number of hydrogen-bond acceptors (Lipinski definition) is 10. The smallest absolute Gasteiger partial charge is 0.303 e. The third-order valence-corrected chi connectivity index (χ3v) is 7.87. The third kappa shape index (κ3) is 9.29. The predicted octanol–water partition coefficient (Wildman–Crippen LogP) is 5.19. The van der Waals surface area contributed by atoms with Gasteiger partial charge in [0.15, 0.2) is 18.3 Å². The molecule has 1 aliphatic heterocycles. The Morgan fingerprint density at radius 1 is 0.750 bits per heavy atom. The monoisotopic (exact) mass is 610 g/mol. The molecule has 0 N–H and O–H groups in total. The van der Waals surface area contributed by atoms with E-state index in [1.54, 1.807) is 0 Å². The van der Waals surface area contributed by atoms with Crippen molar-refractivity contribution in [1.29, 1.82) is 0 Å². The van der Waals surface area contributed by atoms with Crippen molar-refractivity contribution in [2.45, 2.75) is 103 Å². The lowest BCUT2D eigenvalue weighted by atomic mass is 9.83. The molecule has 44 heavy (non-hydrogen) atoms. The van der Waals surface area contributed by atoms with E-state index in [-0.39, 0.29) is 6.61 Å². The van der Waals surface area contributed by atoms with E-state index in [2.05, 4.69) is 0 Å². The minimum absolute atomic E-state index is 0.276. The molecule has 0 bridgehead atoms. The highest BCUT2D eigenvalue weighted by atomic mass is 16.7. The maximum atomic E-state index is 12.3. The van der Waals surface area contributed by atoms with E-state index in [1.165, 1.54) is 47.0 Å². The molecule has 10 heteroatoms. The zero-order chi connectivity index (χ0) is 31.6. The maximum absolute atomic E-state index is 12.3. The average Bonchev–Trinajstić information content (AvgIpc) is 2.98. The van der Waals surface area contributed by atoms with Gasteiger partial charge in [-0.05, 0) is 41.2 Å². The topological polar surface area (TPSA) is 124 Å². The molecule has 0 amide bonds. The maximum Gasteiger partial charge on any atom is 0.303 e. The molecule has 1 saturated heterocycles. The molecule has 238 valence electrons. The number of carbonyl (C=O) groups is 4. The summed E-state index contributed by atoms with van der Waals surface area (Å²) in [5, 5.41) is 0. The van der Waals surface area contributed by atoms with Crippen molar-refractivity contribution in [3.05, 3.63) is 65.2 Å². The van der Waals surface area contributed by atoms with Gasteiger partial charge in [-0.15, -0.1) is 0 Å². The minimum atomic E-state index is -1.23. The lowest BCUT2D eigenvalue weighted by molar-refractivity contribution is -0.254. The molecule has 0 spiro atoms. The molecular weight excluding hydrogens is 568 g/mol. The number of esters is 4. The lowest BCUT2D eigenvalue weighted by Gasteiger charge is -2.44. The van der Waals surface area contributed by atoms with Gasteiger partial charge in [-0.25, -0.2) is 0 Å². The Morgan fingerprint density at radius 3 is 2.02 bits per heavy atom. The van der Waals surface area contributed by atoms with Crippen molar-refractivity contribution < 1.29 is 47.6 Å². The van der Waals surface area contributed by atoms with Gasteiger partial charge in [0.1, 0.15) is 31.2 Å². The van der Waals surface area contributed by atoms with Gasteiger partial charge in [0, 0.05) is 27.7 Å². The standard InChI is InChI=1S/C34H42O10/c1-21(35)39-20-30-32(41-22(2)36)34(43-24(4)38)33(42-23(3)37)31(44-30)27-15-16-29(40-19-26-13-9-6-10-14-26)28(18-27)17-25-11-7-5-8-12-25/h6,9-10,13-16,18,25,30-34H,5,7-8,11-12,17,19-20H2,1-4H3/t30-,31?,32-,33+,34+/m1/s1. The summed E-state index contributed by atoms with van der Waals surface area (Å²) in [4.78, 5) is 48.4. The summed E-state index contributed by atoms with van der Waals surface area (Å²) in [7, 11) is 0. The molecule has 10 nitrogen and oxygen atoms in total. The molecule has 0 radical (unpaired) electrons. The zero-order valence-corrected chi connectivity index (χ0v) is 25.8. The van der Waals surface area contributed by atoms with Crippen molar-refractivity contribution in [3.63, 3.8) is 0 Å². The van der Waals surface area contributed by atoms with Crippen LogP contribution in [-0.4, -0.2) is 54.9 Å². The van der Waals surface area contributed by atoms with Gasteiger partial charge in [0.2, 0.25) is 0 Å². The fourth-order valence-corrected chi connectivity index (χ4v) is 6.01. The molecule has 2 fully saturated rings. The van der Waals surface area contributed by atoms with Crippen LogP contribution in [0.5, 0.6) is 5.75 Å². The first kappa shape index (κ1) is 33.0. The Labute approximate surface area is 258 Å². The highest BCUT2D eigenvalue weighted by Gasteiger charge is 2.52. The van der Waals surface area contributed by atoms with E-state index in [4.69, 9.17) is 28.4 Å². The molecule has 1 saturated carbocycles. The molecule has 1 unspecified atom stereocenters. The van der Waals surface area contributed by atoms with Crippen molar-refractivity contribution in [3.8, 4) is 5.75 Å². The van der Waals surface area contributed by atoms with Crippen LogP contribution in [0.3, 0.4) is 0 Å². The van der Waals surface area contributed by atoms with Crippen LogP contribution in [0, 0.1) is 5.92 Å². The van der Waals surface area contributed by atoms with Crippen molar-refractivity contribution in [2.24, 2.45) is 5.92 Å². The van der Waals surface area contributed by atoms with Crippen LogP contribution in [-0.2, 0) is 55.9 Å². The van der Waals surface area contributed by atoms with E-state index >= 15 is 0 Å². The van der Waals surface area contributed by atoms with Gasteiger partial charge < -0.3 is 28.4 Å². The van der Waals surface area contributed by atoms with Gasteiger partial charge in [-0.1, -0.05) is 68.5 Å². The number of benzene rings is 2. The second kappa shape index (κ2) is 15.7. The van der Waals surface area contributed by atoms with E-state index < -0.39 is 54.4 Å². The van der Waals surface area contributed by atoms with Crippen molar-refractivity contribution >= 4 is 23.9 Å². The predicted molar refractivity (Wildman–Crippen MR) is 158 cm³/mol. The third-order valence-electron chi connectivity index (χ3n) is 7.87. The van der Waals surface area contributed by atoms with Crippen molar-refractivity contribution in [2.75, 3.05) is 6.61 Å². The molecule has 1 aliphatic carbocycles. The Hall–Kier alpha value is -3.92. The zero-order valence-electron chi connectivity index (χ0n) is 25.8. The largest absolute Gasteiger partial charge is 0.489 e. The normalized spacial score (nSPS) is 23.7. The van der Waals surface area contributed by atoms with Gasteiger partial charge >= 0.3 is 23.9 Å². The molecular formula is C34H42O10. The van der Waals surface area contributed by atoms with Gasteiger partial charge in [-0.3, -0.25) is 19.2 Å². The average molecular weight is 611 g/mol. The van der Waals surface area contributed by atoms with Gasteiger partial charge in [0.05, 0.1) is 0 Å². The second-order valence-corrected chi connectivity index (χ2v) is 11.5. The first-order valence-corrected chi connectivity index (χ1v) is 15.2. The minimum Gasteiger partial charge on any atom is -0.489 e. The Kier molecular flexibility index (Phi) is 11.8. The highest BCUT2D eigenvalue weighted by Crippen LogP contribution is 2.40. The number of ether oxygens (including phenoxy) is 6. The van der Waals surface area contributed by atoms with E-state index in [0.717, 1.165) is 36.1 Å². The van der Waals surface area contributed by atoms with Crippen molar-refractivity contribution in [1.82, 2.24) is 0 Å². The van der Waals surface area contributed by atoms with E-state index in [9.17, 15) is 19.2 Å². The summed E-state index contributed by atoms with van der Waals surface area (Å²) in [5.41, 5.74) is 2.68. The molecule has 4 rings (SSSR count). The Morgan fingerprint density at radius 2 is 1.39 bits per heavy atom. The summed E-state index contributed by atoms with van der Waals surface area (Å²) < 4.78 is 34.8. The summed E-state index contributed by atoms with van der Waals surface area (Å²) in [6.07, 6.45) is 1.11. The van der Waals surface area contributed by atoms with Crippen LogP contribution >= 0.6 is 0 Å².